The van der Waals surface area contributed by atoms with Crippen molar-refractivity contribution in [1.29, 1.82) is 0 Å². The normalized spacial score (nSPS) is 19.0. The summed E-state index contributed by atoms with van der Waals surface area (Å²) in [6.07, 6.45) is -0.399. The van der Waals surface area contributed by atoms with Gasteiger partial charge in [-0.1, -0.05) is 55.5 Å². The Labute approximate surface area is 203 Å². The van der Waals surface area contributed by atoms with Gasteiger partial charge < -0.3 is 20.1 Å². The lowest BCUT2D eigenvalue weighted by atomic mass is 9.95. The number of hydrogen-bond acceptors (Lipinski definition) is 5. The molecule has 8 heteroatoms. The number of carbonyl (C=O) groups excluding carboxylic acids is 2. The molecule has 2 atom stereocenters. The molecule has 0 aromatic heterocycles. The molecule has 1 saturated heterocycles. The summed E-state index contributed by atoms with van der Waals surface area (Å²) in [6, 6.07) is 15.8. The van der Waals surface area contributed by atoms with Crippen LogP contribution >= 0.6 is 11.8 Å². The van der Waals surface area contributed by atoms with Crippen molar-refractivity contribution in [3.8, 4) is 11.1 Å². The average molecular weight is 483 g/mol. The van der Waals surface area contributed by atoms with Crippen LogP contribution in [0.4, 0.5) is 4.79 Å². The van der Waals surface area contributed by atoms with E-state index in [2.05, 4.69) is 29.6 Å². The van der Waals surface area contributed by atoms with Gasteiger partial charge in [0.1, 0.15) is 12.1 Å². The van der Waals surface area contributed by atoms with E-state index in [4.69, 9.17) is 4.74 Å². The van der Waals surface area contributed by atoms with E-state index in [0.717, 1.165) is 28.0 Å². The quantitative estimate of drug-likeness (QED) is 0.617. The number of aliphatic carboxylic acids is 1. The predicted molar refractivity (Wildman–Crippen MR) is 132 cm³/mol. The Morgan fingerprint density at radius 1 is 1.12 bits per heavy atom. The molecule has 2 aromatic rings. The summed E-state index contributed by atoms with van der Waals surface area (Å²) in [7, 11) is 0. The van der Waals surface area contributed by atoms with Crippen molar-refractivity contribution in [3.63, 3.8) is 0 Å². The van der Waals surface area contributed by atoms with Crippen molar-refractivity contribution >= 4 is 29.7 Å². The van der Waals surface area contributed by atoms with Gasteiger partial charge in [0, 0.05) is 24.0 Å². The fourth-order valence-electron chi connectivity index (χ4n) is 4.76. The predicted octanol–water partition coefficient (Wildman–Crippen LogP) is 4.11. The zero-order valence-electron chi connectivity index (χ0n) is 19.5. The van der Waals surface area contributed by atoms with Crippen molar-refractivity contribution in [3.05, 3.63) is 59.7 Å². The number of carboxylic acids is 1. The Balaban J connectivity index is 1.44. The lowest BCUT2D eigenvalue weighted by Gasteiger charge is -2.40. The summed E-state index contributed by atoms with van der Waals surface area (Å²) in [4.78, 5) is 39.2. The Hall–Kier alpha value is -3.00. The first kappa shape index (κ1) is 24.1. The van der Waals surface area contributed by atoms with Gasteiger partial charge in [0.05, 0.1) is 12.5 Å². The third-order valence-electron chi connectivity index (χ3n) is 6.80. The first-order valence-electron chi connectivity index (χ1n) is 11.6. The zero-order valence-corrected chi connectivity index (χ0v) is 20.3. The highest BCUT2D eigenvalue weighted by atomic mass is 32.2. The van der Waals surface area contributed by atoms with E-state index in [1.807, 2.05) is 31.2 Å². The third-order valence-corrected chi connectivity index (χ3v) is 7.89. The molecule has 1 aliphatic carbocycles. The molecule has 1 heterocycles. The van der Waals surface area contributed by atoms with E-state index in [-0.39, 0.29) is 30.9 Å². The van der Waals surface area contributed by atoms with E-state index in [1.54, 1.807) is 23.6 Å². The van der Waals surface area contributed by atoms with Crippen LogP contribution in [0.2, 0.25) is 0 Å². The SMILES string of the molecule is CCC(C)(NC(=O)OCC1c2ccccc2-c2ccccc21)C(=O)N1CCSCC1CC(=O)O. The lowest BCUT2D eigenvalue weighted by molar-refractivity contribution is -0.143. The van der Waals surface area contributed by atoms with Gasteiger partial charge in [-0.25, -0.2) is 4.79 Å². The third kappa shape index (κ3) is 4.78. The number of nitrogens with one attached hydrogen (secondary N) is 1. The molecule has 1 fully saturated rings. The van der Waals surface area contributed by atoms with Gasteiger partial charge in [0.25, 0.3) is 0 Å². The van der Waals surface area contributed by atoms with Gasteiger partial charge in [-0.2, -0.15) is 11.8 Å². The van der Waals surface area contributed by atoms with Crippen LogP contribution in [0.15, 0.2) is 48.5 Å². The van der Waals surface area contributed by atoms with Gasteiger partial charge in [0.15, 0.2) is 0 Å². The molecule has 0 saturated carbocycles. The van der Waals surface area contributed by atoms with E-state index >= 15 is 0 Å². The maximum atomic E-state index is 13.4. The highest BCUT2D eigenvalue weighted by Gasteiger charge is 2.41. The van der Waals surface area contributed by atoms with Crippen LogP contribution in [0.3, 0.4) is 0 Å². The van der Waals surface area contributed by atoms with Crippen molar-refractivity contribution in [2.24, 2.45) is 0 Å². The molecule has 2 unspecified atom stereocenters. The number of ether oxygens (including phenoxy) is 1. The molecule has 0 bridgehead atoms. The number of carbonyl (C=O) groups is 3. The molecule has 2 aromatic carbocycles. The Morgan fingerprint density at radius 3 is 2.32 bits per heavy atom. The van der Waals surface area contributed by atoms with Gasteiger partial charge in [-0.15, -0.1) is 0 Å². The standard InChI is InChI=1S/C26H30N2O5S/c1-3-26(2,24(31)28-12-13-34-16-17(28)14-23(29)30)27-25(32)33-15-22-20-10-6-4-8-18(20)19-9-5-7-11-21(19)22/h4-11,17,22H,3,12-16H2,1-2H3,(H,27,32)(H,29,30). The number of thioether (sulfide) groups is 1. The molecule has 2 N–H and O–H groups in total. The Kier molecular flexibility index (Phi) is 7.16. The summed E-state index contributed by atoms with van der Waals surface area (Å²) in [5.41, 5.74) is 3.35. The van der Waals surface area contributed by atoms with Crippen LogP contribution in [0.25, 0.3) is 11.1 Å². The van der Waals surface area contributed by atoms with Gasteiger partial charge >= 0.3 is 12.1 Å². The molecular formula is C26H30N2O5S. The minimum absolute atomic E-state index is 0.0687. The second-order valence-corrected chi connectivity index (χ2v) is 10.1. The molecule has 7 nitrogen and oxygen atoms in total. The van der Waals surface area contributed by atoms with Crippen LogP contribution in [-0.2, 0) is 14.3 Å². The average Bonchev–Trinajstić information content (AvgIpc) is 3.16. The number of hydrogen-bond donors (Lipinski definition) is 2. The van der Waals surface area contributed by atoms with Gasteiger partial charge in [-0.05, 0) is 35.6 Å². The topological polar surface area (TPSA) is 95.9 Å². The van der Waals surface area contributed by atoms with Crippen LogP contribution in [0.1, 0.15) is 43.7 Å². The maximum Gasteiger partial charge on any atom is 0.408 e. The number of amides is 2. The molecule has 2 amide bonds. The Bertz CT molecular complexity index is 1040. The van der Waals surface area contributed by atoms with Crippen molar-refractivity contribution in [1.82, 2.24) is 10.2 Å². The van der Waals surface area contributed by atoms with Crippen LogP contribution < -0.4 is 5.32 Å². The summed E-state index contributed by atoms with van der Waals surface area (Å²) in [5.74, 6) is 0.0406. The monoisotopic (exact) mass is 482 g/mol. The molecular weight excluding hydrogens is 452 g/mol. The highest BCUT2D eigenvalue weighted by Crippen LogP contribution is 2.44. The first-order chi connectivity index (χ1) is 16.3. The summed E-state index contributed by atoms with van der Waals surface area (Å²) in [6.45, 7) is 4.13. The van der Waals surface area contributed by atoms with E-state index in [0.29, 0.717) is 18.7 Å². The fourth-order valence-corrected chi connectivity index (χ4v) is 5.82. The number of rotatable bonds is 7. The van der Waals surface area contributed by atoms with Crippen molar-refractivity contribution < 1.29 is 24.2 Å². The molecule has 2 aliphatic rings. The zero-order chi connectivity index (χ0) is 24.3. The Morgan fingerprint density at radius 2 is 1.74 bits per heavy atom. The summed E-state index contributed by atoms with van der Waals surface area (Å²) >= 11 is 1.64. The number of fused-ring (bicyclic) bond motifs is 3. The van der Waals surface area contributed by atoms with Crippen molar-refractivity contribution in [2.45, 2.75) is 44.2 Å². The summed E-state index contributed by atoms with van der Waals surface area (Å²) in [5, 5.41) is 12.0. The first-order valence-corrected chi connectivity index (χ1v) is 12.7. The lowest BCUT2D eigenvalue weighted by Crippen LogP contribution is -2.61. The largest absolute Gasteiger partial charge is 0.481 e. The van der Waals surface area contributed by atoms with Gasteiger partial charge in [0.2, 0.25) is 5.91 Å². The second-order valence-electron chi connectivity index (χ2n) is 8.96. The second kappa shape index (κ2) is 10.1. The molecule has 0 spiro atoms. The number of nitrogens with zero attached hydrogens (tertiary/aromatic N) is 1. The van der Waals surface area contributed by atoms with Crippen molar-refractivity contribution in [2.75, 3.05) is 24.7 Å². The van der Waals surface area contributed by atoms with E-state index in [9.17, 15) is 19.5 Å². The van der Waals surface area contributed by atoms with Crippen LogP contribution in [0, 0.1) is 0 Å². The summed E-state index contributed by atoms with van der Waals surface area (Å²) < 4.78 is 5.65. The minimum atomic E-state index is -1.18. The number of alkyl carbamates (subject to hydrolysis) is 1. The van der Waals surface area contributed by atoms with E-state index < -0.39 is 17.6 Å². The van der Waals surface area contributed by atoms with Crippen LogP contribution in [0.5, 0.6) is 0 Å². The molecule has 180 valence electrons. The maximum absolute atomic E-state index is 13.4. The number of benzene rings is 2. The smallest absolute Gasteiger partial charge is 0.408 e. The fraction of sp³-hybridized carbons (Fsp3) is 0.423. The molecule has 1 aliphatic heterocycles. The minimum Gasteiger partial charge on any atom is -0.481 e. The number of carboxylic acid groups (broad SMARTS) is 1. The van der Waals surface area contributed by atoms with E-state index in [1.165, 1.54) is 0 Å². The van der Waals surface area contributed by atoms with Gasteiger partial charge in [-0.3, -0.25) is 9.59 Å². The molecule has 34 heavy (non-hydrogen) atoms. The molecule has 0 radical (unpaired) electrons. The van der Waals surface area contributed by atoms with Crippen LogP contribution in [-0.4, -0.2) is 64.2 Å². The molecule has 4 rings (SSSR count). The highest BCUT2D eigenvalue weighted by molar-refractivity contribution is 7.99.